The largest absolute Gasteiger partial charge is 0.540 e. The van der Waals surface area contributed by atoms with Gasteiger partial charge in [0, 0.05) is 0 Å². The molecule has 4 nitrogen and oxygen atoms in total. The van der Waals surface area contributed by atoms with Crippen LogP contribution in [-0.2, 0) is 16.1 Å². The first-order valence-electron chi connectivity index (χ1n) is 3.59. The monoisotopic (exact) mass is 177 g/mol. The summed E-state index contributed by atoms with van der Waals surface area (Å²) in [6.45, 7) is 0.242. The van der Waals surface area contributed by atoms with Crippen LogP contribution in [0.25, 0.3) is 0 Å². The summed E-state index contributed by atoms with van der Waals surface area (Å²) in [7, 11) is 4.72. The molecule has 0 atom stereocenters. The lowest BCUT2D eigenvalue weighted by molar-refractivity contribution is 0.0749. The Morgan fingerprint density at radius 1 is 1.54 bits per heavy atom. The van der Waals surface area contributed by atoms with E-state index in [4.69, 9.17) is 13.9 Å². The molecule has 1 aromatic rings. The van der Waals surface area contributed by atoms with E-state index in [0.717, 1.165) is 5.56 Å². The SMILES string of the molecule is [B]OC(=O)c1cccc(CON)c1. The van der Waals surface area contributed by atoms with Crippen molar-refractivity contribution < 1.29 is 14.3 Å². The van der Waals surface area contributed by atoms with E-state index < -0.39 is 5.97 Å². The number of rotatable bonds is 3. The smallest absolute Gasteiger partial charge is 0.378 e. The average molecular weight is 177 g/mol. The number of hydrogen-bond acceptors (Lipinski definition) is 4. The van der Waals surface area contributed by atoms with Crippen LogP contribution >= 0.6 is 0 Å². The topological polar surface area (TPSA) is 61.5 Å². The predicted molar refractivity (Wildman–Crippen MR) is 46.6 cm³/mol. The summed E-state index contributed by atoms with van der Waals surface area (Å²) in [5.74, 6) is 4.29. The van der Waals surface area contributed by atoms with Gasteiger partial charge in [-0.3, -0.25) is 4.84 Å². The summed E-state index contributed by atoms with van der Waals surface area (Å²) in [5.41, 5.74) is 1.16. The molecule has 2 radical (unpaired) electrons. The van der Waals surface area contributed by atoms with Crippen molar-refractivity contribution in [1.29, 1.82) is 0 Å². The Bertz CT molecular complexity index is 303. The van der Waals surface area contributed by atoms with Crippen LogP contribution in [0.15, 0.2) is 24.3 Å². The third-order valence-electron chi connectivity index (χ3n) is 1.52. The maximum atomic E-state index is 11.0. The molecule has 0 heterocycles. The van der Waals surface area contributed by atoms with Crippen molar-refractivity contribution >= 4 is 14.0 Å². The summed E-state index contributed by atoms with van der Waals surface area (Å²) in [4.78, 5) is 15.4. The summed E-state index contributed by atoms with van der Waals surface area (Å²) >= 11 is 0. The van der Waals surface area contributed by atoms with E-state index in [0.29, 0.717) is 5.56 Å². The number of nitrogens with two attached hydrogens (primary N) is 1. The third-order valence-corrected chi connectivity index (χ3v) is 1.52. The Hall–Kier alpha value is -1.33. The van der Waals surface area contributed by atoms with Crippen molar-refractivity contribution in [2.24, 2.45) is 5.90 Å². The molecule has 5 heteroatoms. The van der Waals surface area contributed by atoms with Crippen molar-refractivity contribution in [3.8, 4) is 0 Å². The molecule has 0 unspecified atom stereocenters. The molecule has 0 aliphatic heterocycles. The highest BCUT2D eigenvalue weighted by Gasteiger charge is 2.04. The van der Waals surface area contributed by atoms with E-state index >= 15 is 0 Å². The number of benzene rings is 1. The number of carbonyl (C=O) groups is 1. The molecule has 0 saturated heterocycles. The van der Waals surface area contributed by atoms with E-state index in [1.165, 1.54) is 0 Å². The molecule has 66 valence electrons. The highest BCUT2D eigenvalue weighted by molar-refractivity contribution is 6.09. The standard InChI is InChI=1S/C8H8BNO3/c9-13-8(11)7-3-1-2-6(4-7)5-12-10/h1-4H,5,10H2. The molecule has 1 aromatic carbocycles. The quantitative estimate of drug-likeness (QED) is 0.533. The molecule has 13 heavy (non-hydrogen) atoms. The molecular formula is C8H8BNO3. The van der Waals surface area contributed by atoms with Crippen LogP contribution in [0.1, 0.15) is 15.9 Å². The van der Waals surface area contributed by atoms with Gasteiger partial charge in [0.05, 0.1) is 12.2 Å². The first kappa shape index (κ1) is 9.76. The normalized spacial score (nSPS) is 9.62. The van der Waals surface area contributed by atoms with E-state index in [-0.39, 0.29) is 6.61 Å². The van der Waals surface area contributed by atoms with Crippen LogP contribution in [0.5, 0.6) is 0 Å². The fourth-order valence-electron chi connectivity index (χ4n) is 0.952. The molecular weight excluding hydrogens is 169 g/mol. The highest BCUT2D eigenvalue weighted by atomic mass is 16.6. The highest BCUT2D eigenvalue weighted by Crippen LogP contribution is 2.06. The third kappa shape index (κ3) is 2.57. The Kier molecular flexibility index (Phi) is 3.48. The van der Waals surface area contributed by atoms with Crippen molar-refractivity contribution in [3.05, 3.63) is 35.4 Å². The summed E-state index contributed by atoms with van der Waals surface area (Å²) in [6.07, 6.45) is 0. The molecule has 0 amide bonds. The lowest BCUT2D eigenvalue weighted by atomic mass is 10.1. The lowest BCUT2D eigenvalue weighted by Crippen LogP contribution is -2.04. The van der Waals surface area contributed by atoms with Crippen LogP contribution in [-0.4, -0.2) is 14.0 Å². The molecule has 0 aromatic heterocycles. The summed E-state index contributed by atoms with van der Waals surface area (Å²) in [6, 6.07) is 6.66. The van der Waals surface area contributed by atoms with E-state index in [1.807, 2.05) is 0 Å². The van der Waals surface area contributed by atoms with Gasteiger partial charge in [0.15, 0.2) is 0 Å². The molecule has 0 bridgehead atoms. The Labute approximate surface area is 77.0 Å². The van der Waals surface area contributed by atoms with Gasteiger partial charge in [0.2, 0.25) is 0 Å². The minimum Gasteiger partial charge on any atom is -0.540 e. The molecule has 0 fully saturated rings. The van der Waals surface area contributed by atoms with E-state index in [1.54, 1.807) is 24.3 Å². The van der Waals surface area contributed by atoms with Gasteiger partial charge in [0.1, 0.15) is 0 Å². The van der Waals surface area contributed by atoms with E-state index in [9.17, 15) is 4.79 Å². The minimum absolute atomic E-state index is 0.242. The Balaban J connectivity index is 2.85. The van der Waals surface area contributed by atoms with Gasteiger partial charge in [-0.05, 0) is 17.7 Å². The number of carbonyl (C=O) groups excluding carboxylic acids is 1. The maximum Gasteiger partial charge on any atom is 0.378 e. The number of hydrogen-bond donors (Lipinski definition) is 1. The lowest BCUT2D eigenvalue weighted by Gasteiger charge is -2.02. The average Bonchev–Trinajstić information content (AvgIpc) is 2.18. The van der Waals surface area contributed by atoms with Gasteiger partial charge in [0.25, 0.3) is 0 Å². The molecule has 0 saturated carbocycles. The molecule has 0 aliphatic rings. The second-order valence-corrected chi connectivity index (χ2v) is 2.42. The summed E-state index contributed by atoms with van der Waals surface area (Å²) in [5, 5.41) is 0. The Morgan fingerprint density at radius 2 is 2.31 bits per heavy atom. The fraction of sp³-hybridized carbons (Fsp3) is 0.125. The minimum atomic E-state index is -0.584. The van der Waals surface area contributed by atoms with Gasteiger partial charge < -0.3 is 4.65 Å². The summed E-state index contributed by atoms with van der Waals surface area (Å²) < 4.78 is 4.06. The fourth-order valence-corrected chi connectivity index (χ4v) is 0.952. The first-order chi connectivity index (χ1) is 6.27. The zero-order valence-corrected chi connectivity index (χ0v) is 6.90. The van der Waals surface area contributed by atoms with E-state index in [2.05, 4.69) is 9.49 Å². The van der Waals surface area contributed by atoms with Crippen molar-refractivity contribution in [2.45, 2.75) is 6.61 Å². The molecule has 0 aliphatic carbocycles. The molecule has 0 spiro atoms. The van der Waals surface area contributed by atoms with Crippen molar-refractivity contribution in [3.63, 3.8) is 0 Å². The first-order valence-corrected chi connectivity index (χ1v) is 3.59. The van der Waals surface area contributed by atoms with Gasteiger partial charge in [-0.15, -0.1) is 0 Å². The second kappa shape index (κ2) is 4.64. The second-order valence-electron chi connectivity index (χ2n) is 2.42. The Morgan fingerprint density at radius 3 is 2.92 bits per heavy atom. The molecule has 1 rings (SSSR count). The van der Waals surface area contributed by atoms with Gasteiger partial charge in [-0.2, -0.15) is 0 Å². The van der Waals surface area contributed by atoms with Gasteiger partial charge in [-0.1, -0.05) is 12.1 Å². The van der Waals surface area contributed by atoms with Crippen LogP contribution in [0, 0.1) is 0 Å². The van der Waals surface area contributed by atoms with Crippen LogP contribution < -0.4 is 5.90 Å². The maximum absolute atomic E-state index is 11.0. The van der Waals surface area contributed by atoms with Gasteiger partial charge >= 0.3 is 14.0 Å². The van der Waals surface area contributed by atoms with Gasteiger partial charge in [-0.25, -0.2) is 10.7 Å². The predicted octanol–water partition coefficient (Wildman–Crippen LogP) is 0.317. The zero-order chi connectivity index (χ0) is 9.68. The zero-order valence-electron chi connectivity index (χ0n) is 6.90. The van der Waals surface area contributed by atoms with Crippen LogP contribution in [0.4, 0.5) is 0 Å². The van der Waals surface area contributed by atoms with Crippen molar-refractivity contribution in [1.82, 2.24) is 0 Å². The van der Waals surface area contributed by atoms with Crippen molar-refractivity contribution in [2.75, 3.05) is 0 Å². The van der Waals surface area contributed by atoms with Crippen LogP contribution in [0.3, 0.4) is 0 Å². The van der Waals surface area contributed by atoms with Crippen LogP contribution in [0.2, 0.25) is 0 Å². The molecule has 2 N–H and O–H groups in total.